The second kappa shape index (κ2) is 12.0. The van der Waals surface area contributed by atoms with Crippen LogP contribution < -0.4 is 10.6 Å². The summed E-state index contributed by atoms with van der Waals surface area (Å²) in [5.41, 5.74) is 0. The minimum absolute atomic E-state index is 0.126. The maximum atomic E-state index is 13.3. The lowest BCUT2D eigenvalue weighted by molar-refractivity contribution is -0.158. The third kappa shape index (κ3) is 6.81. The summed E-state index contributed by atoms with van der Waals surface area (Å²) in [4.78, 5) is 63.2. The Morgan fingerprint density at radius 3 is 2.29 bits per heavy atom. The van der Waals surface area contributed by atoms with Crippen molar-refractivity contribution in [2.24, 2.45) is 11.8 Å². The molecule has 0 spiro atoms. The Hall–Kier alpha value is -2.89. The summed E-state index contributed by atoms with van der Waals surface area (Å²) < 4.78 is 0. The Labute approximate surface area is 198 Å². The Morgan fingerprint density at radius 2 is 1.68 bits per heavy atom. The number of nitrogens with zero attached hydrogens (tertiary/aromatic N) is 3. The highest BCUT2D eigenvalue weighted by molar-refractivity contribution is 5.99. The minimum Gasteiger partial charge on any atom is -0.465 e. The van der Waals surface area contributed by atoms with Crippen LogP contribution in [0.5, 0.6) is 0 Å². The molecule has 3 rings (SSSR count). The second-order valence-corrected chi connectivity index (χ2v) is 9.51. The molecule has 6 amide bonds. The Bertz CT molecular complexity index is 765. The molecule has 190 valence electrons. The van der Waals surface area contributed by atoms with Crippen LogP contribution in [0.2, 0.25) is 0 Å². The summed E-state index contributed by atoms with van der Waals surface area (Å²) in [7, 11) is 0. The summed E-state index contributed by atoms with van der Waals surface area (Å²) in [5.74, 6) is -1.11. The van der Waals surface area contributed by atoms with Gasteiger partial charge in [-0.1, -0.05) is 25.7 Å². The molecular formula is C22H35N5O7. The van der Waals surface area contributed by atoms with Crippen LogP contribution in [0.1, 0.15) is 57.8 Å². The van der Waals surface area contributed by atoms with Crippen molar-refractivity contribution >= 4 is 30.3 Å². The molecule has 1 aliphatic carbocycles. The first-order valence-electron chi connectivity index (χ1n) is 12.1. The molecule has 2 atom stereocenters. The van der Waals surface area contributed by atoms with Crippen molar-refractivity contribution in [2.45, 2.75) is 69.9 Å². The maximum Gasteiger partial charge on any atom is 0.407 e. The molecule has 3 aliphatic rings. The van der Waals surface area contributed by atoms with Crippen LogP contribution in [0.25, 0.3) is 0 Å². The third-order valence-electron chi connectivity index (χ3n) is 7.15. The fraction of sp³-hybridized carbons (Fsp3) is 0.773. The van der Waals surface area contributed by atoms with Crippen molar-refractivity contribution in [3.8, 4) is 0 Å². The Morgan fingerprint density at radius 1 is 1.00 bits per heavy atom. The lowest BCUT2D eigenvalue weighted by Gasteiger charge is -2.31. The van der Waals surface area contributed by atoms with Gasteiger partial charge < -0.3 is 20.2 Å². The number of hydroxylamine groups is 2. The van der Waals surface area contributed by atoms with Crippen LogP contribution in [0, 0.1) is 11.8 Å². The highest BCUT2D eigenvalue weighted by Crippen LogP contribution is 2.32. The zero-order valence-corrected chi connectivity index (χ0v) is 19.4. The van der Waals surface area contributed by atoms with E-state index in [-0.39, 0.29) is 24.9 Å². The van der Waals surface area contributed by atoms with Crippen molar-refractivity contribution < 1.29 is 34.3 Å². The summed E-state index contributed by atoms with van der Waals surface area (Å²) >= 11 is 0. The Kier molecular flexibility index (Phi) is 9.08. The number of carbonyl (C=O) groups excluding carboxylic acids is 4. The minimum atomic E-state index is -0.993. The summed E-state index contributed by atoms with van der Waals surface area (Å²) in [5, 5.41) is 24.2. The van der Waals surface area contributed by atoms with Gasteiger partial charge >= 0.3 is 12.1 Å². The molecule has 0 aromatic carbocycles. The van der Waals surface area contributed by atoms with Gasteiger partial charge in [-0.3, -0.25) is 24.9 Å². The first-order chi connectivity index (χ1) is 16.3. The average Bonchev–Trinajstić information content (AvgIpc) is 3.50. The molecule has 2 aliphatic heterocycles. The largest absolute Gasteiger partial charge is 0.465 e. The molecule has 0 aromatic heterocycles. The van der Waals surface area contributed by atoms with Gasteiger partial charge in [-0.2, -0.15) is 0 Å². The van der Waals surface area contributed by atoms with Gasteiger partial charge in [-0.25, -0.2) is 14.7 Å². The first kappa shape index (κ1) is 25.7. The summed E-state index contributed by atoms with van der Waals surface area (Å²) in [6.45, 7) is 0.868. The van der Waals surface area contributed by atoms with E-state index in [4.69, 9.17) is 5.11 Å². The number of nitrogens with one attached hydrogen (secondary N) is 2. The van der Waals surface area contributed by atoms with E-state index < -0.39 is 30.0 Å². The number of urea groups is 1. The van der Waals surface area contributed by atoms with Gasteiger partial charge in [0.25, 0.3) is 5.91 Å². The third-order valence-corrected chi connectivity index (χ3v) is 7.15. The number of likely N-dealkylation sites (tertiary alicyclic amines) is 2. The number of imide groups is 1. The van der Waals surface area contributed by atoms with Gasteiger partial charge in [0.1, 0.15) is 6.04 Å². The number of carboxylic acid groups (broad SMARTS) is 1. The highest BCUT2D eigenvalue weighted by Gasteiger charge is 2.39. The molecule has 4 N–H and O–H groups in total. The lowest BCUT2D eigenvalue weighted by atomic mass is 9.91. The fourth-order valence-corrected chi connectivity index (χ4v) is 5.34. The van der Waals surface area contributed by atoms with E-state index in [0.717, 1.165) is 25.7 Å². The number of hydrogen-bond donors (Lipinski definition) is 4. The van der Waals surface area contributed by atoms with Crippen LogP contribution >= 0.6 is 0 Å². The number of carbonyl (C=O) groups is 5. The molecule has 0 unspecified atom stereocenters. The average molecular weight is 482 g/mol. The van der Waals surface area contributed by atoms with E-state index in [1.807, 2.05) is 0 Å². The van der Waals surface area contributed by atoms with E-state index in [0.29, 0.717) is 62.7 Å². The van der Waals surface area contributed by atoms with Gasteiger partial charge in [-0.05, 0) is 38.0 Å². The van der Waals surface area contributed by atoms with E-state index in [9.17, 15) is 29.2 Å². The highest BCUT2D eigenvalue weighted by atomic mass is 16.5. The van der Waals surface area contributed by atoms with Crippen LogP contribution in [0.4, 0.5) is 9.59 Å². The number of rotatable bonds is 8. The van der Waals surface area contributed by atoms with Gasteiger partial charge in [0, 0.05) is 25.7 Å². The molecule has 0 radical (unpaired) electrons. The van der Waals surface area contributed by atoms with Crippen molar-refractivity contribution in [3.63, 3.8) is 0 Å². The van der Waals surface area contributed by atoms with Gasteiger partial charge in [0.15, 0.2) is 0 Å². The van der Waals surface area contributed by atoms with Crippen LogP contribution in [-0.2, 0) is 14.4 Å². The van der Waals surface area contributed by atoms with Crippen LogP contribution in [0.3, 0.4) is 0 Å². The zero-order valence-electron chi connectivity index (χ0n) is 19.4. The van der Waals surface area contributed by atoms with Crippen molar-refractivity contribution in [1.82, 2.24) is 25.5 Å². The lowest BCUT2D eigenvalue weighted by Crippen LogP contribution is -2.54. The predicted molar refractivity (Wildman–Crippen MR) is 119 cm³/mol. The van der Waals surface area contributed by atoms with Gasteiger partial charge in [-0.15, -0.1) is 0 Å². The smallest absolute Gasteiger partial charge is 0.407 e. The molecule has 0 aromatic rings. The fourth-order valence-electron chi connectivity index (χ4n) is 5.34. The van der Waals surface area contributed by atoms with E-state index >= 15 is 0 Å². The van der Waals surface area contributed by atoms with E-state index in [2.05, 4.69) is 10.6 Å². The molecule has 2 saturated heterocycles. The second-order valence-electron chi connectivity index (χ2n) is 9.51. The maximum absolute atomic E-state index is 13.3. The molecule has 12 heteroatoms. The zero-order chi connectivity index (χ0) is 24.7. The van der Waals surface area contributed by atoms with E-state index in [1.165, 1.54) is 9.80 Å². The quantitative estimate of drug-likeness (QED) is 0.228. The van der Waals surface area contributed by atoms with Crippen LogP contribution in [-0.4, -0.2) is 93.8 Å². The number of hydrogen-bond acceptors (Lipinski definition) is 6. The van der Waals surface area contributed by atoms with Crippen molar-refractivity contribution in [3.05, 3.63) is 0 Å². The van der Waals surface area contributed by atoms with Crippen LogP contribution in [0.15, 0.2) is 0 Å². The molecule has 12 nitrogen and oxygen atoms in total. The molecule has 3 fully saturated rings. The summed E-state index contributed by atoms with van der Waals surface area (Å²) in [6.07, 6.45) is 5.99. The number of amides is 6. The molecule has 1 saturated carbocycles. The van der Waals surface area contributed by atoms with E-state index in [1.54, 1.807) is 0 Å². The molecule has 2 heterocycles. The molecule has 34 heavy (non-hydrogen) atoms. The normalized spacial score (nSPS) is 22.3. The first-order valence-corrected chi connectivity index (χ1v) is 12.1. The van der Waals surface area contributed by atoms with Gasteiger partial charge in [0.2, 0.25) is 12.3 Å². The predicted octanol–water partition coefficient (Wildman–Crippen LogP) is 0.990. The standard InChI is InChI=1S/C22H35N5O7/c28-14-26(34)13-16(12-15-4-1-2-5-15)20(30)27-9-3-6-18(27)19(29)24-21(31)23-17-7-10-25(11-8-17)22(32)33/h14-18,34H,1-13H2,(H,32,33)(H2,23,24,29,31)/t16-,18-/m1/s1. The topological polar surface area (TPSA) is 160 Å². The Balaban J connectivity index is 1.55. The van der Waals surface area contributed by atoms with Gasteiger partial charge in [0.05, 0.1) is 12.5 Å². The number of piperidine rings is 1. The van der Waals surface area contributed by atoms with Crippen molar-refractivity contribution in [1.29, 1.82) is 0 Å². The molecule has 0 bridgehead atoms. The SMILES string of the molecule is O=CN(O)C[C@@H](CC1CCCC1)C(=O)N1CCC[C@@H]1C(=O)NC(=O)NC1CCN(C(=O)O)CC1. The summed E-state index contributed by atoms with van der Waals surface area (Å²) in [6, 6.07) is -1.69. The van der Waals surface area contributed by atoms with Crippen molar-refractivity contribution in [2.75, 3.05) is 26.2 Å². The monoisotopic (exact) mass is 481 g/mol. The molecular weight excluding hydrogens is 446 g/mol.